The smallest absolute Gasteiger partial charge is 0.182 e. The summed E-state index contributed by atoms with van der Waals surface area (Å²) < 4.78 is 25.9. The Balaban J connectivity index is 1.80. The van der Waals surface area contributed by atoms with E-state index in [-0.39, 0.29) is 5.25 Å². The maximum Gasteiger partial charge on any atom is 0.182 e. The van der Waals surface area contributed by atoms with Crippen LogP contribution in [-0.4, -0.2) is 19.0 Å². The number of hydrogen-bond donors (Lipinski definition) is 0. The molecule has 2 nitrogen and oxygen atoms in total. The van der Waals surface area contributed by atoms with Crippen LogP contribution in [0, 0.1) is 6.92 Å². The Kier molecular flexibility index (Phi) is 31.3. The molecule has 0 radical (unpaired) electrons. The molecule has 4 heteroatoms. The van der Waals surface area contributed by atoms with Gasteiger partial charge in [-0.05, 0) is 51.2 Å². The Morgan fingerprint density at radius 3 is 1.21 bits per heavy atom. The van der Waals surface area contributed by atoms with Crippen molar-refractivity contribution in [2.75, 3.05) is 5.33 Å². The van der Waals surface area contributed by atoms with E-state index in [9.17, 15) is 8.42 Å². The third kappa shape index (κ3) is 26.0. The molecule has 0 spiro atoms. The Morgan fingerprint density at radius 2 is 0.854 bits per heavy atom. The summed E-state index contributed by atoms with van der Waals surface area (Å²) in [4.78, 5) is 0.457. The van der Waals surface area contributed by atoms with Gasteiger partial charge in [0.2, 0.25) is 0 Å². The lowest BCUT2D eigenvalue weighted by molar-refractivity contribution is 0.529. The second-order valence-electron chi connectivity index (χ2n) is 14.5. The van der Waals surface area contributed by atoms with Gasteiger partial charge in [-0.25, -0.2) is 8.42 Å². The van der Waals surface area contributed by atoms with Crippen molar-refractivity contribution in [3.63, 3.8) is 0 Å². The molecule has 0 aliphatic rings. The Morgan fingerprint density at radius 1 is 0.521 bits per heavy atom. The summed E-state index contributed by atoms with van der Waals surface area (Å²) in [6.07, 6.45) is 49.5. The van der Waals surface area contributed by atoms with Crippen molar-refractivity contribution in [2.45, 2.75) is 217 Å². The Bertz CT molecular complexity index is 982. The molecule has 0 fully saturated rings. The van der Waals surface area contributed by atoms with Gasteiger partial charge in [0.05, 0.1) is 10.1 Å². The maximum atomic E-state index is 12.9. The van der Waals surface area contributed by atoms with Crippen LogP contribution in [0.25, 0.3) is 0 Å². The molecule has 0 N–H and O–H groups in total. The fourth-order valence-electron chi connectivity index (χ4n) is 6.62. The van der Waals surface area contributed by atoms with E-state index in [0.29, 0.717) is 10.2 Å². The monoisotopic (exact) mass is 748 g/mol. The molecule has 1 rings (SSSR count). The highest BCUT2D eigenvalue weighted by Gasteiger charge is 2.25. The molecule has 0 saturated carbocycles. The third-order valence-electron chi connectivity index (χ3n) is 9.96. The van der Waals surface area contributed by atoms with E-state index in [0.717, 1.165) is 24.8 Å². The molecule has 1 aromatic carbocycles. The lowest BCUT2D eigenvalue weighted by atomic mass is 10.0. The van der Waals surface area contributed by atoms with E-state index >= 15 is 0 Å². The van der Waals surface area contributed by atoms with Crippen molar-refractivity contribution in [3.05, 3.63) is 54.1 Å². The fraction of sp³-hybridized carbons (Fsp3) is 0.773. The normalized spacial score (nSPS) is 12.9. The van der Waals surface area contributed by atoms with E-state index in [4.69, 9.17) is 0 Å². The molecule has 0 aromatic heterocycles. The molecule has 0 amide bonds. The van der Waals surface area contributed by atoms with E-state index in [1.165, 1.54) is 173 Å². The number of sulfone groups is 1. The molecular formula is C44H77BrO2S. The van der Waals surface area contributed by atoms with Gasteiger partial charge in [-0.1, -0.05) is 225 Å². The number of benzene rings is 1. The quantitative estimate of drug-likeness (QED) is 0.0393. The number of alkyl halides is 1. The van der Waals surface area contributed by atoms with Gasteiger partial charge in [0, 0.05) is 5.33 Å². The SMILES string of the molecule is CCCCCCCCCCCCCCCCC=CC=CCCCCCCCCCCCCCCCC(CBr)S(=O)(=O)c1ccc(C)cc1. The number of hydrogen-bond acceptors (Lipinski definition) is 2. The number of rotatable bonds is 35. The molecule has 0 aliphatic carbocycles. The van der Waals surface area contributed by atoms with E-state index < -0.39 is 9.84 Å². The minimum absolute atomic E-state index is 0.327. The van der Waals surface area contributed by atoms with Crippen LogP contribution >= 0.6 is 15.9 Å². The van der Waals surface area contributed by atoms with Crippen molar-refractivity contribution >= 4 is 25.8 Å². The molecule has 1 aromatic rings. The summed E-state index contributed by atoms with van der Waals surface area (Å²) >= 11 is 3.45. The van der Waals surface area contributed by atoms with Crippen LogP contribution in [0.2, 0.25) is 0 Å². The van der Waals surface area contributed by atoms with Crippen LogP contribution in [0.4, 0.5) is 0 Å². The summed E-state index contributed by atoms with van der Waals surface area (Å²) in [6.45, 7) is 4.28. The Hall–Kier alpha value is -0.870. The van der Waals surface area contributed by atoms with Gasteiger partial charge >= 0.3 is 0 Å². The minimum Gasteiger partial charge on any atom is -0.223 e. The first-order valence-corrected chi connectivity index (χ1v) is 23.4. The number of halogens is 1. The molecule has 0 saturated heterocycles. The van der Waals surface area contributed by atoms with Crippen LogP contribution < -0.4 is 0 Å². The lowest BCUT2D eigenvalue weighted by Crippen LogP contribution is -2.23. The topological polar surface area (TPSA) is 34.1 Å². The van der Waals surface area contributed by atoms with Gasteiger partial charge in [-0.15, -0.1) is 0 Å². The van der Waals surface area contributed by atoms with Crippen molar-refractivity contribution < 1.29 is 8.42 Å². The first kappa shape index (κ1) is 45.2. The second kappa shape index (κ2) is 33.3. The first-order chi connectivity index (χ1) is 23.5. The predicted octanol–water partition coefficient (Wildman–Crippen LogP) is 15.4. The minimum atomic E-state index is -3.25. The molecule has 48 heavy (non-hydrogen) atoms. The summed E-state index contributed by atoms with van der Waals surface area (Å²) in [6, 6.07) is 7.27. The van der Waals surface area contributed by atoms with Gasteiger partial charge in [-0.3, -0.25) is 0 Å². The largest absolute Gasteiger partial charge is 0.223 e. The molecule has 0 aliphatic heterocycles. The van der Waals surface area contributed by atoms with E-state index in [1.54, 1.807) is 12.1 Å². The van der Waals surface area contributed by atoms with Crippen LogP contribution in [-0.2, 0) is 9.84 Å². The highest BCUT2D eigenvalue weighted by molar-refractivity contribution is 9.09. The van der Waals surface area contributed by atoms with Crippen molar-refractivity contribution in [3.8, 4) is 0 Å². The van der Waals surface area contributed by atoms with Crippen LogP contribution in [0.5, 0.6) is 0 Å². The van der Waals surface area contributed by atoms with Crippen molar-refractivity contribution in [2.24, 2.45) is 0 Å². The van der Waals surface area contributed by atoms with E-state index in [1.807, 2.05) is 19.1 Å². The van der Waals surface area contributed by atoms with Gasteiger partial charge in [0.25, 0.3) is 0 Å². The number of unbranched alkanes of at least 4 members (excludes halogenated alkanes) is 27. The average molecular weight is 750 g/mol. The van der Waals surface area contributed by atoms with Crippen LogP contribution in [0.15, 0.2) is 53.5 Å². The first-order valence-electron chi connectivity index (χ1n) is 20.7. The number of aryl methyl sites for hydroxylation is 1. The summed E-state index contributed by atoms with van der Waals surface area (Å²) in [5, 5.41) is 0.185. The molecular weight excluding hydrogens is 672 g/mol. The molecule has 0 bridgehead atoms. The average Bonchev–Trinajstić information content (AvgIpc) is 3.08. The fourth-order valence-corrected chi connectivity index (χ4v) is 9.53. The van der Waals surface area contributed by atoms with E-state index in [2.05, 4.69) is 47.2 Å². The number of allylic oxidation sites excluding steroid dienone is 4. The standard InChI is InChI=1S/C44H77BrO2S/c1-3-4-5-6-7-8-9-10-11-12-13-14-15-16-17-18-19-20-21-22-23-24-25-26-27-28-29-30-31-32-33-34-35-36-44(41-45)48(46,47)43-39-37-42(2)38-40-43/h18-21,37-40,44H,3-17,22-36,41H2,1-2H3. The second-order valence-corrected chi connectivity index (χ2v) is 17.4. The van der Waals surface area contributed by atoms with Gasteiger partial charge in [-0.2, -0.15) is 0 Å². The zero-order valence-electron chi connectivity index (χ0n) is 31.7. The molecule has 1 unspecified atom stereocenters. The van der Waals surface area contributed by atoms with Crippen molar-refractivity contribution in [1.29, 1.82) is 0 Å². The summed E-state index contributed by atoms with van der Waals surface area (Å²) in [5.41, 5.74) is 1.09. The predicted molar refractivity (Wildman–Crippen MR) is 218 cm³/mol. The molecule has 0 heterocycles. The lowest BCUT2D eigenvalue weighted by Gasteiger charge is -2.15. The highest BCUT2D eigenvalue weighted by Crippen LogP contribution is 2.23. The van der Waals surface area contributed by atoms with Gasteiger partial charge in [0.15, 0.2) is 9.84 Å². The van der Waals surface area contributed by atoms with Crippen molar-refractivity contribution in [1.82, 2.24) is 0 Å². The maximum absolute atomic E-state index is 12.9. The van der Waals surface area contributed by atoms with Crippen LogP contribution in [0.1, 0.15) is 205 Å². The zero-order chi connectivity index (χ0) is 34.8. The summed E-state index contributed by atoms with van der Waals surface area (Å²) in [5.74, 6) is 0. The molecule has 1 atom stereocenters. The summed E-state index contributed by atoms with van der Waals surface area (Å²) in [7, 11) is -3.25. The zero-order valence-corrected chi connectivity index (χ0v) is 34.1. The molecule has 278 valence electrons. The third-order valence-corrected chi connectivity index (χ3v) is 13.4. The Labute approximate surface area is 308 Å². The van der Waals surface area contributed by atoms with Gasteiger partial charge < -0.3 is 0 Å². The van der Waals surface area contributed by atoms with Gasteiger partial charge in [0.1, 0.15) is 0 Å². The van der Waals surface area contributed by atoms with Crippen LogP contribution in [0.3, 0.4) is 0 Å². The highest BCUT2D eigenvalue weighted by atomic mass is 79.9.